The smallest absolute Gasteiger partial charge is 0.410 e. The van der Waals surface area contributed by atoms with Crippen LogP contribution in [0.5, 0.6) is 0 Å². The van der Waals surface area contributed by atoms with Gasteiger partial charge in [0.2, 0.25) is 0 Å². The normalized spacial score (nSPS) is 16.0. The predicted octanol–water partition coefficient (Wildman–Crippen LogP) is 3.77. The lowest BCUT2D eigenvalue weighted by atomic mass is 9.90. The second kappa shape index (κ2) is 9.24. The molecule has 0 aromatic heterocycles. The summed E-state index contributed by atoms with van der Waals surface area (Å²) in [5, 5.41) is 0. The highest BCUT2D eigenvalue weighted by Crippen LogP contribution is 2.24. The molecule has 0 atom stereocenters. The number of carbonyl (C=O) groups excluding carboxylic acids is 2. The van der Waals surface area contributed by atoms with Crippen LogP contribution in [0.1, 0.15) is 52.0 Å². The van der Waals surface area contributed by atoms with Crippen LogP contribution >= 0.6 is 0 Å². The van der Waals surface area contributed by atoms with Crippen molar-refractivity contribution in [1.29, 1.82) is 0 Å². The van der Waals surface area contributed by atoms with E-state index >= 15 is 0 Å². The first-order valence-electron chi connectivity index (χ1n) is 9.83. The minimum Gasteiger partial charge on any atom is -0.444 e. The number of sulfone groups is 1. The molecule has 1 heterocycles. The molecule has 162 valence electrons. The highest BCUT2D eigenvalue weighted by Gasteiger charge is 2.27. The standard InChI is InChI=1S/C21H30FNO5S/c1-21(2,3)28-20(25)23-11-9-15(10-12-23)5-7-17(24)13-16-6-8-19(18(22)14-16)29(4,26)27/h6,8,14-15H,5,7,9-13H2,1-4H3. The summed E-state index contributed by atoms with van der Waals surface area (Å²) in [5.74, 6) is -0.472. The zero-order chi connectivity index (χ0) is 21.8. The van der Waals surface area contributed by atoms with Crippen molar-refractivity contribution in [2.24, 2.45) is 5.92 Å². The summed E-state index contributed by atoms with van der Waals surface area (Å²) < 4.78 is 42.2. The summed E-state index contributed by atoms with van der Waals surface area (Å²) in [6.45, 7) is 6.75. The van der Waals surface area contributed by atoms with E-state index in [-0.39, 0.29) is 23.2 Å². The molecule has 0 aliphatic carbocycles. The Labute approximate surface area is 172 Å². The largest absolute Gasteiger partial charge is 0.444 e. The lowest BCUT2D eigenvalue weighted by Crippen LogP contribution is -2.41. The van der Waals surface area contributed by atoms with Crippen molar-refractivity contribution in [3.05, 3.63) is 29.6 Å². The fraction of sp³-hybridized carbons (Fsp3) is 0.619. The van der Waals surface area contributed by atoms with Gasteiger partial charge in [-0.25, -0.2) is 17.6 Å². The maximum absolute atomic E-state index is 13.9. The van der Waals surface area contributed by atoms with E-state index in [1.54, 1.807) is 4.90 Å². The molecule has 6 nitrogen and oxygen atoms in total. The van der Waals surface area contributed by atoms with Gasteiger partial charge in [0.1, 0.15) is 22.1 Å². The number of piperidine rings is 1. The number of likely N-dealkylation sites (tertiary alicyclic amines) is 1. The number of hydrogen-bond donors (Lipinski definition) is 0. The predicted molar refractivity (Wildman–Crippen MR) is 108 cm³/mol. The summed E-state index contributed by atoms with van der Waals surface area (Å²) >= 11 is 0. The Morgan fingerprint density at radius 2 is 1.83 bits per heavy atom. The minimum absolute atomic E-state index is 0.00826. The van der Waals surface area contributed by atoms with Crippen LogP contribution in [0.3, 0.4) is 0 Å². The second-order valence-corrected chi connectivity index (χ2v) is 10.7. The third-order valence-electron chi connectivity index (χ3n) is 4.89. The molecule has 0 N–H and O–H groups in total. The molecule has 0 bridgehead atoms. The molecule has 1 aromatic rings. The molecule has 1 amide bonds. The first-order valence-corrected chi connectivity index (χ1v) is 11.7. The van der Waals surface area contributed by atoms with Crippen molar-refractivity contribution in [3.63, 3.8) is 0 Å². The van der Waals surface area contributed by atoms with E-state index in [1.807, 2.05) is 20.8 Å². The van der Waals surface area contributed by atoms with Crippen molar-refractivity contribution in [1.82, 2.24) is 4.90 Å². The van der Waals surface area contributed by atoms with Crippen molar-refractivity contribution in [2.45, 2.75) is 63.4 Å². The number of halogens is 1. The van der Waals surface area contributed by atoms with Crippen molar-refractivity contribution >= 4 is 21.7 Å². The number of rotatable bonds is 6. The van der Waals surface area contributed by atoms with Gasteiger partial charge < -0.3 is 9.64 Å². The molecule has 29 heavy (non-hydrogen) atoms. The first-order chi connectivity index (χ1) is 13.3. The second-order valence-electron chi connectivity index (χ2n) is 8.70. The summed E-state index contributed by atoms with van der Waals surface area (Å²) in [4.78, 5) is 25.7. The molecule has 0 saturated carbocycles. The molecule has 8 heteroatoms. The molecular weight excluding hydrogens is 397 g/mol. The van der Waals surface area contributed by atoms with E-state index in [1.165, 1.54) is 12.1 Å². The highest BCUT2D eigenvalue weighted by atomic mass is 32.2. The van der Waals surface area contributed by atoms with Gasteiger partial charge in [-0.2, -0.15) is 0 Å². The summed E-state index contributed by atoms with van der Waals surface area (Å²) in [5.41, 5.74) is -0.0426. The van der Waals surface area contributed by atoms with Gasteiger partial charge in [0.15, 0.2) is 9.84 Å². The minimum atomic E-state index is -3.62. The van der Waals surface area contributed by atoms with E-state index in [9.17, 15) is 22.4 Å². The maximum atomic E-state index is 13.9. The quantitative estimate of drug-likeness (QED) is 0.690. The highest BCUT2D eigenvalue weighted by molar-refractivity contribution is 7.90. The molecule has 1 aliphatic heterocycles. The van der Waals surface area contributed by atoms with Crippen molar-refractivity contribution in [3.8, 4) is 0 Å². The molecule has 1 aliphatic rings. The number of benzene rings is 1. The van der Waals surface area contributed by atoms with Crippen LogP contribution in [0, 0.1) is 11.7 Å². The third kappa shape index (κ3) is 7.42. The van der Waals surface area contributed by atoms with Crippen LogP contribution < -0.4 is 0 Å². The van der Waals surface area contributed by atoms with E-state index < -0.39 is 21.3 Å². The molecule has 2 rings (SSSR count). The Hall–Kier alpha value is -1.96. The Kier molecular flexibility index (Phi) is 7.43. The van der Waals surface area contributed by atoms with Gasteiger partial charge in [0.25, 0.3) is 0 Å². The fourth-order valence-corrected chi connectivity index (χ4v) is 4.10. The fourth-order valence-electron chi connectivity index (χ4n) is 3.37. The Balaban J connectivity index is 1.78. The molecule has 0 unspecified atom stereocenters. The Bertz CT molecular complexity index is 852. The number of amides is 1. The number of hydrogen-bond acceptors (Lipinski definition) is 5. The van der Waals surface area contributed by atoms with Gasteiger partial charge in [-0.05, 0) is 63.6 Å². The monoisotopic (exact) mass is 427 g/mol. The van der Waals surface area contributed by atoms with Crippen LogP contribution in [0.25, 0.3) is 0 Å². The Morgan fingerprint density at radius 1 is 1.21 bits per heavy atom. The lowest BCUT2D eigenvalue weighted by Gasteiger charge is -2.33. The van der Waals surface area contributed by atoms with E-state index in [0.717, 1.165) is 31.6 Å². The zero-order valence-electron chi connectivity index (χ0n) is 17.5. The number of carbonyl (C=O) groups is 2. The Morgan fingerprint density at radius 3 is 2.34 bits per heavy atom. The van der Waals surface area contributed by atoms with Crippen molar-refractivity contribution in [2.75, 3.05) is 19.3 Å². The number of Topliss-reactive ketones (excluding diaryl/α,β-unsaturated/α-hetero) is 1. The summed E-state index contributed by atoms with van der Waals surface area (Å²) in [7, 11) is -3.62. The molecule has 1 saturated heterocycles. The van der Waals surface area contributed by atoms with Gasteiger partial charge in [0.05, 0.1) is 0 Å². The molecule has 1 fully saturated rings. The summed E-state index contributed by atoms with van der Waals surface area (Å²) in [6, 6.07) is 3.81. The third-order valence-corrected chi connectivity index (χ3v) is 6.02. The molecular formula is C21H30FNO5S. The topological polar surface area (TPSA) is 80.8 Å². The average Bonchev–Trinajstić information content (AvgIpc) is 2.58. The van der Waals surface area contributed by atoms with Crippen LogP contribution in [0.2, 0.25) is 0 Å². The number of ether oxygens (including phenoxy) is 1. The van der Waals surface area contributed by atoms with Crippen molar-refractivity contribution < 1.29 is 27.1 Å². The van der Waals surface area contributed by atoms with Gasteiger partial charge in [-0.3, -0.25) is 4.79 Å². The zero-order valence-corrected chi connectivity index (χ0v) is 18.4. The van der Waals surface area contributed by atoms with Crippen LogP contribution in [0.4, 0.5) is 9.18 Å². The summed E-state index contributed by atoms with van der Waals surface area (Å²) in [6.07, 6.45) is 3.49. The number of ketones is 1. The maximum Gasteiger partial charge on any atom is 0.410 e. The average molecular weight is 428 g/mol. The van der Waals surface area contributed by atoms with E-state index in [0.29, 0.717) is 31.0 Å². The van der Waals surface area contributed by atoms with Crippen LogP contribution in [-0.4, -0.2) is 50.1 Å². The van der Waals surface area contributed by atoms with E-state index in [2.05, 4.69) is 0 Å². The van der Waals surface area contributed by atoms with E-state index in [4.69, 9.17) is 4.74 Å². The molecule has 0 radical (unpaired) electrons. The van der Waals surface area contributed by atoms with Gasteiger partial charge in [-0.1, -0.05) is 6.07 Å². The van der Waals surface area contributed by atoms with Crippen LogP contribution in [0.15, 0.2) is 23.1 Å². The number of nitrogens with zero attached hydrogens (tertiary/aromatic N) is 1. The van der Waals surface area contributed by atoms with Gasteiger partial charge in [0, 0.05) is 32.2 Å². The molecule has 1 aromatic carbocycles. The lowest BCUT2D eigenvalue weighted by molar-refractivity contribution is -0.118. The first kappa shape index (κ1) is 23.3. The van der Waals surface area contributed by atoms with Gasteiger partial charge in [-0.15, -0.1) is 0 Å². The van der Waals surface area contributed by atoms with Gasteiger partial charge >= 0.3 is 6.09 Å². The SMILES string of the molecule is CC(C)(C)OC(=O)N1CCC(CCC(=O)Cc2ccc(S(C)(=O)=O)c(F)c2)CC1. The molecule has 0 spiro atoms. The van der Waals surface area contributed by atoms with Crippen LogP contribution in [-0.2, 0) is 25.8 Å².